The number of furan rings is 1. The molecular weight excluding hydrogens is 374 g/mol. The number of hydrogen-bond acceptors (Lipinski definition) is 3. The van der Waals surface area contributed by atoms with Crippen molar-refractivity contribution < 1.29 is 22.7 Å². The minimum Gasteiger partial charge on any atom is -0.462 e. The van der Waals surface area contributed by atoms with E-state index in [4.69, 9.17) is 9.15 Å². The lowest BCUT2D eigenvalue weighted by molar-refractivity contribution is 0.0526. The first-order chi connectivity index (χ1) is 14.1. The molecule has 0 aliphatic heterocycles. The number of benzene rings is 3. The van der Waals surface area contributed by atoms with Crippen LogP contribution in [0.4, 0.5) is 8.78 Å². The first kappa shape index (κ1) is 18.9. The number of hydrogen-bond donors (Lipinski definition) is 0. The van der Waals surface area contributed by atoms with Crippen LogP contribution in [0.5, 0.6) is 0 Å². The fraction of sp³-hybridized carbons (Fsp3) is 0.125. The predicted molar refractivity (Wildman–Crippen MR) is 107 cm³/mol. The lowest BCUT2D eigenvalue weighted by Crippen LogP contribution is -2.04. The normalized spacial score (nSPS) is 12.1. The Morgan fingerprint density at radius 1 is 1.03 bits per heavy atom. The molecule has 1 atom stereocenters. The second-order valence-corrected chi connectivity index (χ2v) is 6.56. The van der Waals surface area contributed by atoms with Crippen LogP contribution in [0.1, 0.15) is 34.8 Å². The molecule has 0 aliphatic rings. The summed E-state index contributed by atoms with van der Waals surface area (Å²) in [6, 6.07) is 19.7. The molecule has 0 spiro atoms. The maximum absolute atomic E-state index is 15.0. The number of rotatable bonds is 5. The van der Waals surface area contributed by atoms with Crippen LogP contribution in [-0.4, -0.2) is 12.6 Å². The van der Waals surface area contributed by atoms with E-state index in [1.807, 2.05) is 18.2 Å². The van der Waals surface area contributed by atoms with Crippen LogP contribution in [0.25, 0.3) is 22.1 Å². The van der Waals surface area contributed by atoms with Gasteiger partial charge in [-0.15, -0.1) is 0 Å². The number of fused-ring (bicyclic) bond motifs is 1. The number of para-hydroxylation sites is 1. The molecule has 0 saturated carbocycles. The molecule has 0 radical (unpaired) electrons. The van der Waals surface area contributed by atoms with Crippen molar-refractivity contribution in [1.82, 2.24) is 0 Å². The number of ether oxygens (including phenoxy) is 1. The van der Waals surface area contributed by atoms with E-state index in [0.717, 1.165) is 5.56 Å². The second-order valence-electron chi connectivity index (χ2n) is 6.56. The molecule has 0 saturated heterocycles. The van der Waals surface area contributed by atoms with Gasteiger partial charge in [0.05, 0.1) is 12.2 Å². The van der Waals surface area contributed by atoms with Gasteiger partial charge < -0.3 is 9.15 Å². The van der Waals surface area contributed by atoms with Crippen LogP contribution >= 0.6 is 0 Å². The molecule has 0 N–H and O–H groups in total. The summed E-state index contributed by atoms with van der Waals surface area (Å²) >= 11 is 0. The highest BCUT2D eigenvalue weighted by Gasteiger charge is 2.22. The Labute approximate surface area is 166 Å². The molecular formula is C24H18F2O3. The summed E-state index contributed by atoms with van der Waals surface area (Å²) in [4.78, 5) is 12.0. The Kier molecular flexibility index (Phi) is 5.12. The summed E-state index contributed by atoms with van der Waals surface area (Å²) in [5.74, 6) is -1.01. The summed E-state index contributed by atoms with van der Waals surface area (Å²) < 4.78 is 39.8. The zero-order chi connectivity index (χ0) is 20.4. The maximum atomic E-state index is 15.0. The third-order valence-corrected chi connectivity index (χ3v) is 4.68. The summed E-state index contributed by atoms with van der Waals surface area (Å²) in [6.45, 7) is 2.03. The first-order valence-corrected chi connectivity index (χ1v) is 9.27. The van der Waals surface area contributed by atoms with Gasteiger partial charge in [0.2, 0.25) is 0 Å². The Morgan fingerprint density at radius 3 is 2.62 bits per heavy atom. The van der Waals surface area contributed by atoms with E-state index in [0.29, 0.717) is 22.1 Å². The van der Waals surface area contributed by atoms with Crippen molar-refractivity contribution in [1.29, 1.82) is 0 Å². The lowest BCUT2D eigenvalue weighted by Gasteiger charge is -2.07. The number of alkyl halides is 1. The molecule has 3 nitrogen and oxygen atoms in total. The van der Waals surface area contributed by atoms with E-state index in [9.17, 15) is 13.6 Å². The summed E-state index contributed by atoms with van der Waals surface area (Å²) in [6.07, 6.45) is -1.72. The van der Waals surface area contributed by atoms with Crippen LogP contribution in [0.3, 0.4) is 0 Å². The Morgan fingerprint density at radius 2 is 1.83 bits per heavy atom. The molecule has 29 heavy (non-hydrogen) atoms. The van der Waals surface area contributed by atoms with Crippen molar-refractivity contribution in [2.24, 2.45) is 0 Å². The highest BCUT2D eigenvalue weighted by molar-refractivity contribution is 5.96. The number of halogens is 2. The molecule has 5 heteroatoms. The fourth-order valence-corrected chi connectivity index (χ4v) is 3.30. The van der Waals surface area contributed by atoms with Crippen LogP contribution in [0.15, 0.2) is 77.2 Å². The second kappa shape index (κ2) is 7.87. The third-order valence-electron chi connectivity index (χ3n) is 4.68. The summed E-state index contributed by atoms with van der Waals surface area (Å²) in [5, 5.41) is 0.693. The molecule has 1 heterocycles. The van der Waals surface area contributed by atoms with Gasteiger partial charge in [0.1, 0.15) is 17.2 Å². The molecule has 3 aromatic carbocycles. The first-order valence-electron chi connectivity index (χ1n) is 9.27. The average Bonchev–Trinajstić information content (AvgIpc) is 3.18. The molecule has 0 aliphatic carbocycles. The smallest absolute Gasteiger partial charge is 0.338 e. The van der Waals surface area contributed by atoms with Gasteiger partial charge in [-0.25, -0.2) is 13.6 Å². The molecule has 4 aromatic rings. The maximum Gasteiger partial charge on any atom is 0.338 e. The Balaban J connectivity index is 1.77. The van der Waals surface area contributed by atoms with Gasteiger partial charge in [0.15, 0.2) is 6.17 Å². The quantitative estimate of drug-likeness (QED) is 0.365. The predicted octanol–water partition coefficient (Wildman–Crippen LogP) is 6.47. The van der Waals surface area contributed by atoms with Gasteiger partial charge in [0.25, 0.3) is 0 Å². The monoisotopic (exact) mass is 392 g/mol. The highest BCUT2D eigenvalue weighted by Crippen LogP contribution is 2.36. The van der Waals surface area contributed by atoms with Crippen LogP contribution in [0.2, 0.25) is 0 Å². The summed E-state index contributed by atoms with van der Waals surface area (Å²) in [7, 11) is 0. The lowest BCUT2D eigenvalue weighted by atomic mass is 10.0. The Hall–Kier alpha value is -3.47. The molecule has 0 bridgehead atoms. The van der Waals surface area contributed by atoms with Crippen LogP contribution in [-0.2, 0) is 4.74 Å². The summed E-state index contributed by atoms with van der Waals surface area (Å²) in [5.41, 5.74) is 2.27. The minimum absolute atomic E-state index is 0.0269. The van der Waals surface area contributed by atoms with Crippen LogP contribution in [0, 0.1) is 5.82 Å². The van der Waals surface area contributed by atoms with Crippen molar-refractivity contribution in [3.8, 4) is 11.1 Å². The van der Waals surface area contributed by atoms with Gasteiger partial charge in [-0.2, -0.15) is 0 Å². The number of carbonyl (C=O) groups is 1. The van der Waals surface area contributed by atoms with E-state index in [2.05, 4.69) is 0 Å². The van der Waals surface area contributed by atoms with Gasteiger partial charge in [-0.3, -0.25) is 0 Å². The molecule has 4 rings (SSSR count). The largest absolute Gasteiger partial charge is 0.462 e. The molecule has 0 fully saturated rings. The highest BCUT2D eigenvalue weighted by atomic mass is 19.1. The number of carbonyl (C=O) groups excluding carboxylic acids is 1. The third kappa shape index (κ3) is 3.63. The topological polar surface area (TPSA) is 39.4 Å². The fourth-order valence-electron chi connectivity index (χ4n) is 3.30. The van der Waals surface area contributed by atoms with E-state index in [1.54, 1.807) is 43.3 Å². The molecule has 146 valence electrons. The standard InChI is InChI=1S/C24H18F2O3/c1-2-28-24(27)17-9-5-7-15(13-17)18-11-6-8-16-14-21(29-23(16)18)22(26)19-10-3-4-12-20(19)25/h3-14,22H,2H2,1H3. The molecule has 0 amide bonds. The van der Waals surface area contributed by atoms with Gasteiger partial charge in [-0.1, -0.05) is 48.5 Å². The van der Waals surface area contributed by atoms with E-state index < -0.39 is 18.0 Å². The van der Waals surface area contributed by atoms with Crippen molar-refractivity contribution >= 4 is 16.9 Å². The van der Waals surface area contributed by atoms with E-state index in [1.165, 1.54) is 18.2 Å². The van der Waals surface area contributed by atoms with E-state index >= 15 is 0 Å². The molecule has 1 aromatic heterocycles. The average molecular weight is 392 g/mol. The van der Waals surface area contributed by atoms with Crippen molar-refractivity contribution in [2.75, 3.05) is 6.61 Å². The zero-order valence-electron chi connectivity index (χ0n) is 15.7. The van der Waals surface area contributed by atoms with E-state index in [-0.39, 0.29) is 17.9 Å². The van der Waals surface area contributed by atoms with Gasteiger partial charge >= 0.3 is 5.97 Å². The van der Waals surface area contributed by atoms with Crippen molar-refractivity contribution in [3.63, 3.8) is 0 Å². The molecule has 1 unspecified atom stereocenters. The van der Waals surface area contributed by atoms with Gasteiger partial charge in [-0.05, 0) is 36.8 Å². The Bertz CT molecular complexity index is 1180. The SMILES string of the molecule is CCOC(=O)c1cccc(-c2cccc3cc(C(F)c4ccccc4F)oc23)c1. The van der Waals surface area contributed by atoms with Gasteiger partial charge in [0, 0.05) is 16.5 Å². The van der Waals surface area contributed by atoms with Crippen molar-refractivity contribution in [2.45, 2.75) is 13.1 Å². The zero-order valence-corrected chi connectivity index (χ0v) is 15.7. The van der Waals surface area contributed by atoms with Crippen molar-refractivity contribution in [3.05, 3.63) is 95.5 Å². The minimum atomic E-state index is -1.72. The van der Waals surface area contributed by atoms with Crippen LogP contribution < -0.4 is 0 Å². The number of esters is 1.